The molecule has 12 aromatic rings. The van der Waals surface area contributed by atoms with E-state index in [1.165, 1.54) is 208 Å². The first-order valence-corrected chi connectivity index (χ1v) is 46.5. The third kappa shape index (κ3) is 29.3. The van der Waals surface area contributed by atoms with Crippen LogP contribution in [-0.4, -0.2) is 293 Å². The Balaban J connectivity index is 0.726. The normalized spacial score (nSPS) is 11.5. The number of anilines is 10. The largest absolute Gasteiger partial charge is 0.356 e. The molecule has 0 unspecified atom stereocenters. The van der Waals surface area contributed by atoms with Crippen molar-refractivity contribution in [3.8, 4) is 0 Å². The van der Waals surface area contributed by atoms with Crippen LogP contribution >= 0.6 is 0 Å². The van der Waals surface area contributed by atoms with E-state index in [-0.39, 0.29) is 164 Å². The molecule has 56 nitrogen and oxygen atoms in total. The topological polar surface area (TPSA) is 667 Å². The Morgan fingerprint density at radius 2 is 0.510 bits per heavy atom. The van der Waals surface area contributed by atoms with Gasteiger partial charge in [0, 0.05) is 223 Å². The number of carbonyl (C=O) groups is 18. The van der Waals surface area contributed by atoms with Crippen LogP contribution in [0, 0.1) is 0 Å². The van der Waals surface area contributed by atoms with Crippen LogP contribution in [0.4, 0.5) is 57.4 Å². The van der Waals surface area contributed by atoms with Gasteiger partial charge >= 0.3 is 0 Å². The summed E-state index contributed by atoms with van der Waals surface area (Å²) in [7, 11) is 26.1. The monoisotopic (exact) mass is 2050 g/mol. The van der Waals surface area contributed by atoms with Gasteiger partial charge in [-0.2, -0.15) is 0 Å². The highest BCUT2D eigenvalue weighted by atomic mass is 16.2. The van der Waals surface area contributed by atoms with Crippen LogP contribution in [0.3, 0.4) is 0 Å². The highest BCUT2D eigenvalue weighted by Crippen LogP contribution is 2.25. The average molecular weight is 2060 g/mol. The predicted octanol–water partition coefficient (Wildman–Crippen LogP) is 0.0897. The number of nitrogens with one attached hydrogen (secondary N) is 18. The van der Waals surface area contributed by atoms with Crippen LogP contribution in [-0.2, 0) is 113 Å². The van der Waals surface area contributed by atoms with Crippen LogP contribution in [0.25, 0.3) is 0 Å². The molecular weight excluding hydrogens is 1940 g/mol. The minimum Gasteiger partial charge on any atom is -0.356 e. The number of hydrogen-bond acceptors (Lipinski definition) is 26. The molecule has 149 heavy (non-hydrogen) atoms. The Morgan fingerprint density at radius 3 is 0.772 bits per heavy atom. The van der Waals surface area contributed by atoms with Gasteiger partial charge in [0.25, 0.3) is 70.9 Å². The molecule has 0 aliphatic heterocycles. The fraction of sp³-hybridized carbons (Fsp3) is 0.355. The Bertz CT molecular complexity index is 6690. The standard InChI is InChI=1S/C93H118N38O18/c1-118(2)31-17-23-94-70(132)21-27-100-84(140)60-35-52(42-122(60)7)102-86(142)64-39-56(46-126(64)11)106-90(146)76-110-66(48-128(76)13)114-80(136)58(19-25-98-82(138)62-37-54(44-124(62)9)104-92(148)78-112-68(50-130(78)15)116-88(144)74-96-29-33-120(74)5)108-72(134)41-73(135)109-59(20-26-99-83(139)63-38-55(45-125(63)10)105-93(149)79-113-69(51-131(79)16)117-89(145)75-97-30-34-121(75)6)81(137)115-67-49-129(14)77(111-67)91(147)107-57-40-65(127(12)47-57)87(143)103-53-36-61(123(8)43-53)85(141)101-28-22-71(133)95-24-18-32-119(3)4/h29-30,33-40,42-51,58-59H,17-28,31-32,41H2,1-16H3,(H,94,132)(H,95,133)(H,98,138)(H,99,139)(H,100,140)(H,101,141)(H,102,142)(H,103,143)(H,104,148)(H,105,149)(H,106,146)(H,107,147)(H,108,134)(H,109,135)(H,114,136)(H,115,137)(H,116,144)(H,117,145)/t58-,59-/m1/s1. The Kier molecular flexibility index (Phi) is 35.9. The van der Waals surface area contributed by atoms with E-state index in [9.17, 15) is 86.3 Å². The summed E-state index contributed by atoms with van der Waals surface area (Å²) >= 11 is 0. The molecular formula is C93H118N38O18. The van der Waals surface area contributed by atoms with E-state index in [0.717, 1.165) is 25.9 Å². The van der Waals surface area contributed by atoms with Gasteiger partial charge < -0.3 is 160 Å². The number of hydrogen-bond donors (Lipinski definition) is 18. The van der Waals surface area contributed by atoms with Gasteiger partial charge in [0.15, 0.2) is 34.9 Å². The molecule has 18 N–H and O–H groups in total. The van der Waals surface area contributed by atoms with Gasteiger partial charge in [0.05, 0.1) is 34.1 Å². The molecule has 0 aliphatic rings. The molecule has 0 radical (unpaired) electrons. The van der Waals surface area contributed by atoms with Gasteiger partial charge in [0.2, 0.25) is 58.7 Å². The summed E-state index contributed by atoms with van der Waals surface area (Å²) in [5, 5.41) is 47.9. The molecule has 0 spiro atoms. The maximum absolute atomic E-state index is 14.7. The lowest BCUT2D eigenvalue weighted by Crippen LogP contribution is -2.49. The third-order valence-corrected chi connectivity index (χ3v) is 22.9. The summed E-state index contributed by atoms with van der Waals surface area (Å²) in [6.07, 6.45) is 19.7. The number of aryl methyl sites for hydroxylation is 12. The quantitative estimate of drug-likeness (QED) is 0.0177. The van der Waals surface area contributed by atoms with Gasteiger partial charge in [-0.15, -0.1) is 0 Å². The second kappa shape index (κ2) is 49.1. The summed E-state index contributed by atoms with van der Waals surface area (Å²) in [5.74, 6) is -13.9. The Morgan fingerprint density at radius 1 is 0.262 bits per heavy atom. The van der Waals surface area contributed by atoms with Crippen molar-refractivity contribution >= 4 is 164 Å². The zero-order valence-electron chi connectivity index (χ0n) is 84.6. The SMILES string of the molecule is CN(C)CCCNC(=O)CCNC(=O)c1cc(NC(=O)c2cc(NC(=O)c3nc(NC(=O)[C@@H](CCNC(=O)c4cc(NC(=O)c5nc(NC(=O)c6nccn6C)cn5C)cn4C)NC(=O)CC(=O)N[C@H](CCNC(=O)c4cc(NC(=O)c5nc(NC(=O)c6nccn6C)cn5C)cn4C)C(=O)Nc4cn(C)c(C(=O)Nc5cc(C(=O)Nc6cc(C(=O)NCCC(=O)NCCCN(C)C)n(C)c6)n(C)c5)n4)cn3C)cn2C)cn1C. The number of rotatable bonds is 48. The molecule has 56 heteroatoms. The van der Waals surface area contributed by atoms with Crippen LogP contribution in [0.15, 0.2) is 123 Å². The Labute approximate surface area is 850 Å². The molecule has 0 saturated heterocycles. The number of imidazole rings is 6. The van der Waals surface area contributed by atoms with Crippen LogP contribution in [0.2, 0.25) is 0 Å². The van der Waals surface area contributed by atoms with Gasteiger partial charge in [-0.1, -0.05) is 0 Å². The zero-order valence-corrected chi connectivity index (χ0v) is 84.6. The van der Waals surface area contributed by atoms with Gasteiger partial charge in [-0.05, 0) is 103 Å². The number of nitrogens with zero attached hydrogens (tertiary/aromatic N) is 20. The Hall–Kier alpha value is -18.7. The predicted molar refractivity (Wildman–Crippen MR) is 541 cm³/mol. The van der Waals surface area contributed by atoms with E-state index < -0.39 is 139 Å². The molecule has 12 rings (SSSR count). The summed E-state index contributed by atoms with van der Waals surface area (Å²) in [6, 6.07) is 4.96. The molecule has 0 aliphatic carbocycles. The van der Waals surface area contributed by atoms with E-state index in [2.05, 4.69) is 126 Å². The van der Waals surface area contributed by atoms with E-state index in [1.54, 1.807) is 54.7 Å². The molecule has 12 heterocycles. The third-order valence-electron chi connectivity index (χ3n) is 22.9. The lowest BCUT2D eigenvalue weighted by Gasteiger charge is -2.20. The van der Waals surface area contributed by atoms with Gasteiger partial charge in [-0.25, -0.2) is 29.9 Å². The number of carbonyl (C=O) groups excluding carboxylic acids is 18. The second-order valence-electron chi connectivity index (χ2n) is 35.5. The molecule has 2 atom stereocenters. The summed E-state index contributed by atoms with van der Waals surface area (Å²) in [5.41, 5.74) is 1.46. The maximum atomic E-state index is 14.7. The van der Waals surface area contributed by atoms with Crippen LogP contribution in [0.5, 0.6) is 0 Å². The highest BCUT2D eigenvalue weighted by Gasteiger charge is 2.32. The molecule has 0 saturated carbocycles. The fourth-order valence-electron chi connectivity index (χ4n) is 15.4. The summed E-state index contributed by atoms with van der Waals surface area (Å²) < 4.78 is 16.8. The second-order valence-corrected chi connectivity index (χ2v) is 35.5. The maximum Gasteiger partial charge on any atom is 0.292 e. The zero-order chi connectivity index (χ0) is 108. The van der Waals surface area contributed by atoms with Crippen molar-refractivity contribution in [3.05, 3.63) is 192 Å². The first kappa shape index (κ1) is 109. The lowest BCUT2D eigenvalue weighted by molar-refractivity contribution is -0.133. The van der Waals surface area contributed by atoms with Gasteiger partial charge in [-0.3, -0.25) is 86.3 Å². The van der Waals surface area contributed by atoms with Crippen molar-refractivity contribution in [2.75, 3.05) is 134 Å². The lowest BCUT2D eigenvalue weighted by atomic mass is 10.1. The molecule has 788 valence electrons. The van der Waals surface area contributed by atoms with E-state index in [1.807, 2.05) is 38.0 Å². The highest BCUT2D eigenvalue weighted by molar-refractivity contribution is 6.12. The first-order valence-electron chi connectivity index (χ1n) is 46.5. The molecule has 0 aromatic carbocycles. The van der Waals surface area contributed by atoms with E-state index in [4.69, 9.17) is 0 Å². The van der Waals surface area contributed by atoms with E-state index in [0.29, 0.717) is 13.1 Å². The molecule has 0 fully saturated rings. The van der Waals surface area contributed by atoms with E-state index >= 15 is 0 Å². The average Bonchev–Trinajstić information content (AvgIpc) is 1.68. The minimum atomic E-state index is -1.67. The van der Waals surface area contributed by atoms with Crippen LogP contribution < -0.4 is 95.7 Å². The number of aromatic nitrogens is 18. The summed E-state index contributed by atoms with van der Waals surface area (Å²) in [4.78, 5) is 276. The van der Waals surface area contributed by atoms with Crippen molar-refractivity contribution in [3.63, 3.8) is 0 Å². The molecule has 0 bridgehead atoms. The molecule has 12 aromatic heterocycles. The molecule has 18 amide bonds. The van der Waals surface area contributed by atoms with Crippen molar-refractivity contribution in [1.29, 1.82) is 0 Å². The summed E-state index contributed by atoms with van der Waals surface area (Å²) in [6.45, 7) is 1.88. The number of amides is 18. The minimum absolute atomic E-state index is 0.0202. The fourth-order valence-corrected chi connectivity index (χ4v) is 15.4. The van der Waals surface area contributed by atoms with Crippen LogP contribution in [0.1, 0.15) is 172 Å². The van der Waals surface area contributed by atoms with Crippen molar-refractivity contribution in [1.82, 2.24) is 137 Å². The van der Waals surface area contributed by atoms with Crippen molar-refractivity contribution in [2.45, 2.75) is 57.0 Å². The smallest absolute Gasteiger partial charge is 0.292 e. The van der Waals surface area contributed by atoms with Crippen molar-refractivity contribution < 1.29 is 86.3 Å². The van der Waals surface area contributed by atoms with Gasteiger partial charge in [0.1, 0.15) is 52.7 Å². The van der Waals surface area contributed by atoms with Crippen molar-refractivity contribution in [2.24, 2.45) is 84.6 Å². The first-order chi connectivity index (χ1) is 70.8.